The van der Waals surface area contributed by atoms with Crippen LogP contribution in [0.1, 0.15) is 37.7 Å². The zero-order valence-electron chi connectivity index (χ0n) is 10.1. The molecule has 0 atom stereocenters. The lowest BCUT2D eigenvalue weighted by Gasteiger charge is -2.33. The normalized spacial score (nSPS) is 18.9. The molecular weight excluding hydrogens is 230 g/mol. The number of carboxylic acids is 1. The molecule has 3 rings (SSSR count). The van der Waals surface area contributed by atoms with Gasteiger partial charge in [-0.3, -0.25) is 4.79 Å². The van der Waals surface area contributed by atoms with E-state index in [1.807, 2.05) is 18.2 Å². The maximum atomic E-state index is 11.7. The number of nitrogens with zero attached hydrogens (tertiary/aromatic N) is 1. The average Bonchev–Trinajstić information content (AvgIpc) is 2.86. The maximum Gasteiger partial charge on any atom is 0.314 e. The van der Waals surface area contributed by atoms with E-state index in [4.69, 9.17) is 4.52 Å². The molecule has 1 aliphatic carbocycles. The molecule has 0 saturated heterocycles. The first-order chi connectivity index (χ1) is 8.72. The van der Waals surface area contributed by atoms with Crippen LogP contribution < -0.4 is 0 Å². The molecule has 1 N–H and O–H groups in total. The number of fused-ring (bicyclic) bond motifs is 1. The van der Waals surface area contributed by atoms with Gasteiger partial charge in [0.05, 0.1) is 11.6 Å². The summed E-state index contributed by atoms with van der Waals surface area (Å²) in [5.41, 5.74) is 0.865. The quantitative estimate of drug-likeness (QED) is 0.882. The number of rotatable bonds is 2. The second kappa shape index (κ2) is 4.12. The number of carbonyl (C=O) groups is 1. The van der Waals surface area contributed by atoms with Gasteiger partial charge in [-0.25, -0.2) is 0 Å². The van der Waals surface area contributed by atoms with E-state index in [2.05, 4.69) is 5.16 Å². The van der Waals surface area contributed by atoms with Gasteiger partial charge in [-0.1, -0.05) is 30.5 Å². The summed E-state index contributed by atoms with van der Waals surface area (Å²) in [5.74, 6) is -0.710. The number of hydrogen-bond donors (Lipinski definition) is 1. The van der Waals surface area contributed by atoms with Crippen LogP contribution in [0.5, 0.6) is 0 Å². The van der Waals surface area contributed by atoms with Crippen molar-refractivity contribution in [3.8, 4) is 0 Å². The van der Waals surface area contributed by atoms with Crippen molar-refractivity contribution in [2.24, 2.45) is 0 Å². The zero-order valence-corrected chi connectivity index (χ0v) is 10.1. The average molecular weight is 245 g/mol. The van der Waals surface area contributed by atoms with Crippen LogP contribution in [0.2, 0.25) is 0 Å². The van der Waals surface area contributed by atoms with E-state index in [1.165, 1.54) is 0 Å². The molecule has 1 saturated carbocycles. The van der Waals surface area contributed by atoms with Gasteiger partial charge in [0.2, 0.25) is 0 Å². The van der Waals surface area contributed by atoms with Crippen molar-refractivity contribution in [1.29, 1.82) is 0 Å². The fraction of sp³-hybridized carbons (Fsp3) is 0.429. The predicted octanol–water partition coefficient (Wildman–Crippen LogP) is 3.11. The standard InChI is InChI=1S/C14H15NO3/c16-13(17)14(6-2-1-3-7-14)11-4-5-12-10(8-11)9-15-18-12/h4-5,8-9H,1-3,6-7H2,(H,16,17). The van der Waals surface area contributed by atoms with Gasteiger partial charge in [-0.05, 0) is 30.5 Å². The van der Waals surface area contributed by atoms with Gasteiger partial charge in [0.25, 0.3) is 0 Å². The first-order valence-corrected chi connectivity index (χ1v) is 6.31. The van der Waals surface area contributed by atoms with Crippen LogP contribution in [-0.2, 0) is 10.2 Å². The monoisotopic (exact) mass is 245 g/mol. The van der Waals surface area contributed by atoms with Crippen molar-refractivity contribution in [2.75, 3.05) is 0 Å². The number of benzene rings is 1. The smallest absolute Gasteiger partial charge is 0.314 e. The Kier molecular flexibility index (Phi) is 2.58. The van der Waals surface area contributed by atoms with E-state index in [1.54, 1.807) is 6.20 Å². The summed E-state index contributed by atoms with van der Waals surface area (Å²) in [6, 6.07) is 5.59. The van der Waals surface area contributed by atoms with Crippen LogP contribution in [0.15, 0.2) is 28.9 Å². The van der Waals surface area contributed by atoms with Crippen LogP contribution in [-0.4, -0.2) is 16.2 Å². The molecular formula is C14H15NO3. The zero-order chi connectivity index (χ0) is 12.6. The maximum absolute atomic E-state index is 11.7. The van der Waals surface area contributed by atoms with Crippen LogP contribution in [0.3, 0.4) is 0 Å². The lowest BCUT2D eigenvalue weighted by molar-refractivity contribution is -0.145. The molecule has 0 bridgehead atoms. The molecule has 4 heteroatoms. The predicted molar refractivity (Wildman–Crippen MR) is 66.4 cm³/mol. The molecule has 1 fully saturated rings. The van der Waals surface area contributed by atoms with Crippen molar-refractivity contribution in [3.63, 3.8) is 0 Å². The summed E-state index contributed by atoms with van der Waals surface area (Å²) >= 11 is 0. The van der Waals surface area contributed by atoms with E-state index < -0.39 is 11.4 Å². The summed E-state index contributed by atoms with van der Waals surface area (Å²) in [5, 5.41) is 14.2. The van der Waals surface area contributed by atoms with Crippen LogP contribution in [0.25, 0.3) is 11.0 Å². The molecule has 0 spiro atoms. The Hall–Kier alpha value is -1.84. The van der Waals surface area contributed by atoms with E-state index in [0.717, 1.165) is 43.1 Å². The lowest BCUT2D eigenvalue weighted by atomic mass is 9.69. The highest BCUT2D eigenvalue weighted by molar-refractivity contribution is 5.85. The Morgan fingerprint density at radius 3 is 2.78 bits per heavy atom. The highest BCUT2D eigenvalue weighted by Gasteiger charge is 2.41. The van der Waals surface area contributed by atoms with Crippen molar-refractivity contribution in [2.45, 2.75) is 37.5 Å². The topological polar surface area (TPSA) is 63.3 Å². The molecule has 1 aromatic heterocycles. The Labute approximate surface area is 105 Å². The van der Waals surface area contributed by atoms with Crippen molar-refractivity contribution in [3.05, 3.63) is 30.0 Å². The van der Waals surface area contributed by atoms with Crippen molar-refractivity contribution >= 4 is 16.9 Å². The Balaban J connectivity index is 2.11. The van der Waals surface area contributed by atoms with Gasteiger partial charge < -0.3 is 9.63 Å². The largest absolute Gasteiger partial charge is 0.481 e. The van der Waals surface area contributed by atoms with Gasteiger partial charge in [0, 0.05) is 5.39 Å². The summed E-state index contributed by atoms with van der Waals surface area (Å²) in [7, 11) is 0. The number of aliphatic carboxylic acids is 1. The van der Waals surface area contributed by atoms with E-state index in [9.17, 15) is 9.90 Å². The fourth-order valence-electron chi connectivity index (χ4n) is 2.95. The van der Waals surface area contributed by atoms with Gasteiger partial charge in [0.1, 0.15) is 0 Å². The lowest BCUT2D eigenvalue weighted by Crippen LogP contribution is -2.37. The molecule has 1 heterocycles. The second-order valence-corrected chi connectivity index (χ2v) is 5.03. The molecule has 0 unspecified atom stereocenters. The molecule has 18 heavy (non-hydrogen) atoms. The molecule has 2 aromatic rings. The van der Waals surface area contributed by atoms with E-state index in [0.29, 0.717) is 5.58 Å². The number of carboxylic acid groups (broad SMARTS) is 1. The minimum Gasteiger partial charge on any atom is -0.481 e. The van der Waals surface area contributed by atoms with Crippen molar-refractivity contribution in [1.82, 2.24) is 5.16 Å². The minimum atomic E-state index is -0.719. The van der Waals surface area contributed by atoms with Crippen molar-refractivity contribution < 1.29 is 14.4 Å². The van der Waals surface area contributed by atoms with E-state index >= 15 is 0 Å². The fourth-order valence-corrected chi connectivity index (χ4v) is 2.95. The van der Waals surface area contributed by atoms with Gasteiger partial charge >= 0.3 is 5.97 Å². The SMILES string of the molecule is O=C(O)C1(c2ccc3oncc3c2)CCCCC1. The molecule has 1 aliphatic rings. The first-order valence-electron chi connectivity index (χ1n) is 6.31. The molecule has 0 amide bonds. The van der Waals surface area contributed by atoms with Gasteiger partial charge in [-0.2, -0.15) is 0 Å². The Bertz CT molecular complexity index is 581. The summed E-state index contributed by atoms with van der Waals surface area (Å²) in [6.45, 7) is 0. The van der Waals surface area contributed by atoms with E-state index in [-0.39, 0.29) is 0 Å². The van der Waals surface area contributed by atoms with Crippen LogP contribution in [0.4, 0.5) is 0 Å². The molecule has 94 valence electrons. The third kappa shape index (κ3) is 1.60. The second-order valence-electron chi connectivity index (χ2n) is 5.03. The highest BCUT2D eigenvalue weighted by atomic mass is 16.5. The minimum absolute atomic E-state index is 0.704. The molecule has 4 nitrogen and oxygen atoms in total. The number of hydrogen-bond acceptors (Lipinski definition) is 3. The van der Waals surface area contributed by atoms with Gasteiger partial charge in [-0.15, -0.1) is 0 Å². The first kappa shape index (κ1) is 11.3. The van der Waals surface area contributed by atoms with Crippen LogP contribution in [0, 0.1) is 0 Å². The van der Waals surface area contributed by atoms with Crippen LogP contribution >= 0.6 is 0 Å². The molecule has 0 aliphatic heterocycles. The third-order valence-electron chi connectivity index (χ3n) is 4.02. The Morgan fingerprint density at radius 1 is 1.28 bits per heavy atom. The molecule has 1 aromatic carbocycles. The van der Waals surface area contributed by atoms with Gasteiger partial charge in [0.15, 0.2) is 5.58 Å². The Morgan fingerprint density at radius 2 is 2.06 bits per heavy atom. The summed E-state index contributed by atoms with van der Waals surface area (Å²) in [4.78, 5) is 11.7. The molecule has 0 radical (unpaired) electrons. The number of aromatic nitrogens is 1. The third-order valence-corrected chi connectivity index (χ3v) is 4.02. The summed E-state index contributed by atoms with van der Waals surface area (Å²) < 4.78 is 5.06. The summed E-state index contributed by atoms with van der Waals surface area (Å²) in [6.07, 6.45) is 6.17. The highest BCUT2D eigenvalue weighted by Crippen LogP contribution is 2.40.